The summed E-state index contributed by atoms with van der Waals surface area (Å²) in [6, 6.07) is 0. The summed E-state index contributed by atoms with van der Waals surface area (Å²) >= 11 is 0. The molecule has 1 aliphatic rings. The molecule has 0 aliphatic carbocycles. The third kappa shape index (κ3) is 3.09. The smallest absolute Gasteiger partial charge is 0.126 e. The highest BCUT2D eigenvalue weighted by Gasteiger charge is 2.17. The average Bonchev–Trinajstić information content (AvgIpc) is 1.98. The van der Waals surface area contributed by atoms with Crippen molar-refractivity contribution in [2.75, 3.05) is 0 Å². The minimum atomic E-state index is -0.110. The second kappa shape index (κ2) is 4.07. The van der Waals surface area contributed by atoms with Crippen molar-refractivity contribution in [2.24, 2.45) is 15.9 Å². The van der Waals surface area contributed by atoms with Crippen LogP contribution in [0.3, 0.4) is 0 Å². The first kappa shape index (κ1) is 11.2. The van der Waals surface area contributed by atoms with Gasteiger partial charge in [-0.15, -0.1) is 0 Å². The highest BCUT2D eigenvalue weighted by molar-refractivity contribution is 5.92. The molecule has 0 amide bonds. The van der Waals surface area contributed by atoms with Crippen LogP contribution in [0.1, 0.15) is 41.0 Å². The molecule has 2 heteroatoms. The maximum atomic E-state index is 4.66. The van der Waals surface area contributed by atoms with Gasteiger partial charge in [-0.25, -0.2) is 4.99 Å². The van der Waals surface area contributed by atoms with E-state index in [0.717, 1.165) is 12.3 Å². The Balaban J connectivity index is 3.06. The first-order valence-corrected chi connectivity index (χ1v) is 5.21. The van der Waals surface area contributed by atoms with E-state index in [1.165, 1.54) is 5.57 Å². The minimum absolute atomic E-state index is 0.110. The van der Waals surface area contributed by atoms with Crippen LogP contribution in [0, 0.1) is 5.92 Å². The summed E-state index contributed by atoms with van der Waals surface area (Å²) in [6.07, 6.45) is 5.12. The third-order valence-corrected chi connectivity index (χ3v) is 2.16. The number of rotatable bonds is 1. The SMILES string of the molecule is CC1=CC(C)(C)N=C(C(C)C)N=CC1. The minimum Gasteiger partial charge on any atom is -0.260 e. The Kier molecular flexibility index (Phi) is 3.25. The van der Waals surface area contributed by atoms with Crippen LogP contribution in [0.4, 0.5) is 0 Å². The Hall–Kier alpha value is -0.920. The van der Waals surface area contributed by atoms with Crippen LogP contribution in [0.2, 0.25) is 0 Å². The number of allylic oxidation sites excluding steroid dienone is 1. The molecule has 1 aliphatic heterocycles. The maximum absolute atomic E-state index is 4.66. The Labute approximate surface area is 86.8 Å². The van der Waals surface area contributed by atoms with Crippen molar-refractivity contribution < 1.29 is 0 Å². The molecule has 1 rings (SSSR count). The number of aliphatic imine (C=N–C) groups is 2. The van der Waals surface area contributed by atoms with Gasteiger partial charge in [0.05, 0.1) is 5.54 Å². The largest absolute Gasteiger partial charge is 0.260 e. The fourth-order valence-electron chi connectivity index (χ4n) is 1.58. The van der Waals surface area contributed by atoms with E-state index < -0.39 is 0 Å². The van der Waals surface area contributed by atoms with E-state index in [0.29, 0.717) is 5.92 Å². The first-order valence-electron chi connectivity index (χ1n) is 5.21. The van der Waals surface area contributed by atoms with Crippen molar-refractivity contribution in [1.82, 2.24) is 0 Å². The van der Waals surface area contributed by atoms with Crippen molar-refractivity contribution in [3.63, 3.8) is 0 Å². The van der Waals surface area contributed by atoms with Gasteiger partial charge >= 0.3 is 0 Å². The lowest BCUT2D eigenvalue weighted by Crippen LogP contribution is -2.20. The van der Waals surface area contributed by atoms with Crippen LogP contribution in [0.5, 0.6) is 0 Å². The maximum Gasteiger partial charge on any atom is 0.126 e. The zero-order valence-corrected chi connectivity index (χ0v) is 9.83. The van der Waals surface area contributed by atoms with Crippen LogP contribution in [-0.4, -0.2) is 17.6 Å². The molecule has 0 saturated heterocycles. The lowest BCUT2D eigenvalue weighted by atomic mass is 10.00. The molecule has 0 aromatic heterocycles. The Bertz CT molecular complexity index is 293. The topological polar surface area (TPSA) is 24.7 Å². The molecule has 1 heterocycles. The van der Waals surface area contributed by atoms with E-state index in [1.807, 2.05) is 6.21 Å². The molecule has 78 valence electrons. The van der Waals surface area contributed by atoms with Crippen LogP contribution < -0.4 is 0 Å². The first-order chi connectivity index (χ1) is 6.41. The summed E-state index contributed by atoms with van der Waals surface area (Å²) in [5.74, 6) is 1.36. The van der Waals surface area contributed by atoms with E-state index in [9.17, 15) is 0 Å². The summed E-state index contributed by atoms with van der Waals surface area (Å²) in [6.45, 7) is 10.6. The van der Waals surface area contributed by atoms with Gasteiger partial charge < -0.3 is 0 Å². The molecule has 0 aromatic rings. The number of nitrogens with zero attached hydrogens (tertiary/aromatic N) is 2. The van der Waals surface area contributed by atoms with Crippen molar-refractivity contribution in [2.45, 2.75) is 46.6 Å². The Morgan fingerprint density at radius 3 is 2.57 bits per heavy atom. The van der Waals surface area contributed by atoms with Crippen LogP contribution in [0.15, 0.2) is 21.6 Å². The second-order valence-electron chi connectivity index (χ2n) is 4.78. The Morgan fingerprint density at radius 2 is 2.00 bits per heavy atom. The highest BCUT2D eigenvalue weighted by atomic mass is 15.0. The van der Waals surface area contributed by atoms with Crippen LogP contribution >= 0.6 is 0 Å². The van der Waals surface area contributed by atoms with Crippen LogP contribution in [0.25, 0.3) is 0 Å². The summed E-state index contributed by atoms with van der Waals surface area (Å²) in [5.41, 5.74) is 1.23. The summed E-state index contributed by atoms with van der Waals surface area (Å²) in [5, 5.41) is 0. The monoisotopic (exact) mass is 192 g/mol. The molecule has 0 spiro atoms. The van der Waals surface area contributed by atoms with Crippen molar-refractivity contribution in [3.05, 3.63) is 11.6 Å². The van der Waals surface area contributed by atoms with Gasteiger partial charge in [0.2, 0.25) is 0 Å². The molecular formula is C12H20N2. The number of hydrogen-bond acceptors (Lipinski definition) is 2. The predicted octanol–water partition coefficient (Wildman–Crippen LogP) is 3.24. The molecule has 0 fully saturated rings. The Morgan fingerprint density at radius 1 is 1.36 bits per heavy atom. The number of amidine groups is 1. The molecular weight excluding hydrogens is 172 g/mol. The molecule has 0 unspecified atom stereocenters. The van der Waals surface area contributed by atoms with Gasteiger partial charge in [0.1, 0.15) is 5.84 Å². The summed E-state index contributed by atoms with van der Waals surface area (Å²) < 4.78 is 0. The zero-order chi connectivity index (χ0) is 10.8. The fraction of sp³-hybridized carbons (Fsp3) is 0.667. The van der Waals surface area contributed by atoms with Gasteiger partial charge in [-0.3, -0.25) is 4.99 Å². The molecule has 2 nitrogen and oxygen atoms in total. The van der Waals surface area contributed by atoms with Crippen molar-refractivity contribution >= 4 is 12.1 Å². The third-order valence-electron chi connectivity index (χ3n) is 2.16. The van der Waals surface area contributed by atoms with Gasteiger partial charge in [-0.05, 0) is 20.8 Å². The molecule has 0 N–H and O–H groups in total. The summed E-state index contributed by atoms with van der Waals surface area (Å²) in [7, 11) is 0. The summed E-state index contributed by atoms with van der Waals surface area (Å²) in [4.78, 5) is 9.07. The van der Waals surface area contributed by atoms with Gasteiger partial charge in [-0.2, -0.15) is 0 Å². The van der Waals surface area contributed by atoms with Gasteiger partial charge in [0.15, 0.2) is 0 Å². The molecule has 0 radical (unpaired) electrons. The van der Waals surface area contributed by atoms with E-state index in [2.05, 4.69) is 50.7 Å². The lowest BCUT2D eigenvalue weighted by molar-refractivity contribution is 0.638. The molecule has 0 saturated carbocycles. The average molecular weight is 192 g/mol. The van der Waals surface area contributed by atoms with E-state index in [-0.39, 0.29) is 5.54 Å². The number of hydrogen-bond donors (Lipinski definition) is 0. The lowest BCUT2D eigenvalue weighted by Gasteiger charge is -2.20. The molecule has 0 aromatic carbocycles. The second-order valence-corrected chi connectivity index (χ2v) is 4.78. The van der Waals surface area contributed by atoms with E-state index in [4.69, 9.17) is 0 Å². The van der Waals surface area contributed by atoms with Crippen molar-refractivity contribution in [1.29, 1.82) is 0 Å². The predicted molar refractivity (Wildman–Crippen MR) is 63.2 cm³/mol. The van der Waals surface area contributed by atoms with Gasteiger partial charge in [0.25, 0.3) is 0 Å². The van der Waals surface area contributed by atoms with E-state index in [1.54, 1.807) is 0 Å². The van der Waals surface area contributed by atoms with Crippen LogP contribution in [-0.2, 0) is 0 Å². The quantitative estimate of drug-likeness (QED) is 0.570. The fourth-order valence-corrected chi connectivity index (χ4v) is 1.58. The standard InChI is InChI=1S/C12H20N2/c1-9(2)11-13-7-6-10(3)8-12(4,5)14-11/h7-9H,6H2,1-5H3. The zero-order valence-electron chi connectivity index (χ0n) is 9.83. The highest BCUT2D eigenvalue weighted by Crippen LogP contribution is 2.19. The molecule has 0 bridgehead atoms. The van der Waals surface area contributed by atoms with Gasteiger partial charge in [0, 0.05) is 18.6 Å². The van der Waals surface area contributed by atoms with Gasteiger partial charge in [-0.1, -0.05) is 25.5 Å². The van der Waals surface area contributed by atoms with E-state index >= 15 is 0 Å². The molecule has 0 atom stereocenters. The molecule has 14 heavy (non-hydrogen) atoms. The van der Waals surface area contributed by atoms with Crippen molar-refractivity contribution in [3.8, 4) is 0 Å². The normalized spacial score (nSPS) is 21.3.